The number of hydrogen-bond acceptors (Lipinski definition) is 11. The molecule has 0 saturated heterocycles. The third-order valence-corrected chi connectivity index (χ3v) is 3.91. The van der Waals surface area contributed by atoms with Gasteiger partial charge in [-0.25, -0.2) is 14.4 Å². The molecular weight excluding hydrogens is 452 g/mol. The predicted molar refractivity (Wildman–Crippen MR) is 115 cm³/mol. The van der Waals surface area contributed by atoms with Crippen LogP contribution in [-0.2, 0) is 29.0 Å². The van der Waals surface area contributed by atoms with E-state index in [0.717, 1.165) is 0 Å². The van der Waals surface area contributed by atoms with Crippen LogP contribution < -0.4 is 9.47 Å². The lowest BCUT2D eigenvalue weighted by atomic mass is 10.2. The third-order valence-electron chi connectivity index (χ3n) is 3.91. The minimum absolute atomic E-state index is 0.158. The van der Waals surface area contributed by atoms with Gasteiger partial charge in [-0.1, -0.05) is 12.1 Å². The van der Waals surface area contributed by atoms with Crippen LogP contribution in [0.4, 0.5) is 4.79 Å². The van der Waals surface area contributed by atoms with Crippen molar-refractivity contribution in [3.05, 3.63) is 59.7 Å². The quantitative estimate of drug-likeness (QED) is 0.211. The van der Waals surface area contributed by atoms with Crippen LogP contribution in [0.25, 0.3) is 0 Å². The monoisotopic (exact) mass is 478 g/mol. The van der Waals surface area contributed by atoms with Gasteiger partial charge in [0.25, 0.3) is 11.6 Å². The highest BCUT2D eigenvalue weighted by Crippen LogP contribution is 2.21. The number of carbonyl (C=O) groups is 3. The van der Waals surface area contributed by atoms with Gasteiger partial charge >= 0.3 is 18.1 Å². The van der Waals surface area contributed by atoms with Gasteiger partial charge in [-0.3, -0.25) is 9.78 Å². The summed E-state index contributed by atoms with van der Waals surface area (Å²) in [6, 6.07) is 12.4. The third kappa shape index (κ3) is 8.26. The van der Waals surface area contributed by atoms with Crippen molar-refractivity contribution in [1.82, 2.24) is 0 Å². The van der Waals surface area contributed by atoms with E-state index in [0.29, 0.717) is 11.5 Å². The average molecular weight is 478 g/mol. The molecule has 11 heteroatoms. The highest BCUT2D eigenvalue weighted by molar-refractivity contribution is 5.89. The Bertz CT molecular complexity index is 934. The van der Waals surface area contributed by atoms with Crippen LogP contribution in [-0.4, -0.2) is 43.9 Å². The second-order valence-electron chi connectivity index (χ2n) is 7.63. The van der Waals surface area contributed by atoms with Gasteiger partial charge in [0.05, 0.1) is 25.3 Å². The fraction of sp³-hybridized carbons (Fsp3) is 0.348. The van der Waals surface area contributed by atoms with E-state index < -0.39 is 29.7 Å². The number of hydrogen-bond donors (Lipinski definition) is 0. The highest BCUT2D eigenvalue weighted by Gasteiger charge is 2.34. The zero-order valence-corrected chi connectivity index (χ0v) is 19.6. The SMILES string of the molecule is COc1cccc(C(=O)OOC(C)(C)OC(=O)OC(C)(C)OOC(=O)c2cccc(OC)c2)c1. The molecule has 0 aliphatic carbocycles. The zero-order chi connectivity index (χ0) is 25.4. The van der Waals surface area contributed by atoms with E-state index in [1.54, 1.807) is 24.3 Å². The molecule has 0 spiro atoms. The average Bonchev–Trinajstić information content (AvgIpc) is 2.80. The van der Waals surface area contributed by atoms with Gasteiger partial charge in [-0.15, -0.1) is 9.78 Å². The summed E-state index contributed by atoms with van der Waals surface area (Å²) in [7, 11) is 2.91. The minimum Gasteiger partial charge on any atom is -0.497 e. The van der Waals surface area contributed by atoms with E-state index in [-0.39, 0.29) is 11.1 Å². The highest BCUT2D eigenvalue weighted by atomic mass is 17.3. The number of carbonyl (C=O) groups excluding carboxylic acids is 3. The van der Waals surface area contributed by atoms with Crippen LogP contribution in [0.2, 0.25) is 0 Å². The fourth-order valence-corrected chi connectivity index (χ4v) is 2.33. The van der Waals surface area contributed by atoms with Gasteiger partial charge in [-0.05, 0) is 36.4 Å². The first-order valence-corrected chi connectivity index (χ1v) is 9.95. The van der Waals surface area contributed by atoms with Gasteiger partial charge in [0.15, 0.2) is 0 Å². The molecule has 0 N–H and O–H groups in total. The Morgan fingerprint density at radius 1 is 0.647 bits per heavy atom. The molecule has 11 nitrogen and oxygen atoms in total. The molecule has 0 aliphatic rings. The Balaban J connectivity index is 1.84. The van der Waals surface area contributed by atoms with Gasteiger partial charge in [0.2, 0.25) is 0 Å². The summed E-state index contributed by atoms with van der Waals surface area (Å²) in [6.07, 6.45) is -1.25. The standard InChI is InChI=1S/C23H26O11/c1-22(2,33-31-19(24)15-9-7-11-17(13-15)27-5)29-21(26)30-23(3,4)34-32-20(25)16-10-8-12-18(14-16)28-6/h7-14H,1-6H3. The maximum Gasteiger partial charge on any atom is 0.513 e. The van der Waals surface area contributed by atoms with Crippen molar-refractivity contribution in [2.75, 3.05) is 14.2 Å². The van der Waals surface area contributed by atoms with Crippen molar-refractivity contribution in [3.63, 3.8) is 0 Å². The molecule has 0 atom stereocenters. The molecular formula is C23H26O11. The van der Waals surface area contributed by atoms with E-state index in [1.165, 1.54) is 66.2 Å². The summed E-state index contributed by atoms with van der Waals surface area (Å²) in [4.78, 5) is 55.7. The first-order valence-electron chi connectivity index (χ1n) is 9.95. The van der Waals surface area contributed by atoms with E-state index in [9.17, 15) is 14.4 Å². The second-order valence-corrected chi connectivity index (χ2v) is 7.63. The van der Waals surface area contributed by atoms with Crippen molar-refractivity contribution in [2.24, 2.45) is 0 Å². The summed E-state index contributed by atoms with van der Waals surface area (Å²) in [5.41, 5.74) is 0.315. The summed E-state index contributed by atoms with van der Waals surface area (Å²) >= 11 is 0. The lowest BCUT2D eigenvalue weighted by Gasteiger charge is -2.26. The summed E-state index contributed by atoms with van der Waals surface area (Å²) < 4.78 is 20.1. The summed E-state index contributed by atoms with van der Waals surface area (Å²) in [5, 5.41) is 0. The molecule has 34 heavy (non-hydrogen) atoms. The van der Waals surface area contributed by atoms with Gasteiger partial charge in [0.1, 0.15) is 11.5 Å². The van der Waals surface area contributed by atoms with E-state index in [4.69, 9.17) is 38.5 Å². The largest absolute Gasteiger partial charge is 0.513 e. The Morgan fingerprint density at radius 2 is 1.03 bits per heavy atom. The van der Waals surface area contributed by atoms with E-state index in [1.807, 2.05) is 0 Å². The van der Waals surface area contributed by atoms with Crippen LogP contribution in [0.1, 0.15) is 48.4 Å². The van der Waals surface area contributed by atoms with E-state index >= 15 is 0 Å². The van der Waals surface area contributed by atoms with Crippen LogP contribution in [0, 0.1) is 0 Å². The molecule has 2 rings (SSSR count). The lowest BCUT2D eigenvalue weighted by molar-refractivity contribution is -0.391. The van der Waals surface area contributed by atoms with Crippen LogP contribution in [0.15, 0.2) is 48.5 Å². The zero-order valence-electron chi connectivity index (χ0n) is 19.6. The van der Waals surface area contributed by atoms with Crippen molar-refractivity contribution in [1.29, 1.82) is 0 Å². The molecule has 0 amide bonds. The molecule has 0 saturated carbocycles. The summed E-state index contributed by atoms with van der Waals surface area (Å²) in [6.45, 7) is 5.24. The van der Waals surface area contributed by atoms with Gasteiger partial charge in [-0.2, -0.15) is 0 Å². The Hall–Kier alpha value is -3.83. The van der Waals surface area contributed by atoms with Crippen LogP contribution >= 0.6 is 0 Å². The molecule has 0 aromatic heterocycles. The molecule has 0 bridgehead atoms. The molecule has 2 aromatic rings. The maximum absolute atomic E-state index is 12.2. The number of rotatable bonds is 10. The van der Waals surface area contributed by atoms with E-state index in [2.05, 4.69) is 0 Å². The Labute approximate surface area is 196 Å². The first kappa shape index (κ1) is 26.4. The molecule has 0 heterocycles. The van der Waals surface area contributed by atoms with Crippen molar-refractivity contribution in [2.45, 2.75) is 39.3 Å². The molecule has 0 fully saturated rings. The number of benzene rings is 2. The molecule has 184 valence electrons. The molecule has 0 radical (unpaired) electrons. The Kier molecular flexibility index (Phi) is 8.82. The maximum atomic E-state index is 12.2. The van der Waals surface area contributed by atoms with Crippen LogP contribution in [0.3, 0.4) is 0 Å². The smallest absolute Gasteiger partial charge is 0.497 e. The predicted octanol–water partition coefficient (Wildman–Crippen LogP) is 4.21. The molecule has 0 aliphatic heterocycles. The van der Waals surface area contributed by atoms with Gasteiger partial charge < -0.3 is 18.9 Å². The van der Waals surface area contributed by atoms with Crippen LogP contribution in [0.5, 0.6) is 11.5 Å². The minimum atomic E-state index is -1.72. The lowest BCUT2D eigenvalue weighted by Crippen LogP contribution is -2.38. The first-order chi connectivity index (χ1) is 15.9. The topological polar surface area (TPSA) is 125 Å². The fourth-order valence-electron chi connectivity index (χ4n) is 2.33. The second kappa shape index (κ2) is 11.3. The number of methoxy groups -OCH3 is 2. The van der Waals surface area contributed by atoms with Crippen molar-refractivity contribution < 1.29 is 52.9 Å². The molecule has 2 aromatic carbocycles. The molecule has 0 unspecified atom stereocenters. The van der Waals surface area contributed by atoms with Gasteiger partial charge in [0, 0.05) is 27.7 Å². The van der Waals surface area contributed by atoms with Crippen molar-refractivity contribution >= 4 is 18.1 Å². The summed E-state index contributed by atoms with van der Waals surface area (Å²) in [5.74, 6) is -4.22. The van der Waals surface area contributed by atoms with Crippen molar-refractivity contribution in [3.8, 4) is 11.5 Å². The number of ether oxygens (including phenoxy) is 4. The normalized spacial score (nSPS) is 11.2. The Morgan fingerprint density at radius 3 is 1.38 bits per heavy atom.